The van der Waals surface area contributed by atoms with E-state index in [0.717, 1.165) is 12.3 Å². The van der Waals surface area contributed by atoms with E-state index in [0.29, 0.717) is 16.0 Å². The van der Waals surface area contributed by atoms with Crippen LogP contribution in [0.2, 0.25) is 0 Å². The van der Waals surface area contributed by atoms with Gasteiger partial charge in [0.1, 0.15) is 6.04 Å². The van der Waals surface area contributed by atoms with Crippen molar-refractivity contribution in [1.82, 2.24) is 25.4 Å². The number of nitrogens with one attached hydrogen (secondary N) is 1. The van der Waals surface area contributed by atoms with Crippen LogP contribution in [0.5, 0.6) is 0 Å². The molecular weight excluding hydrogens is 341 g/mol. The fourth-order valence-corrected chi connectivity index (χ4v) is 2.25. The van der Waals surface area contributed by atoms with Gasteiger partial charge < -0.3 is 0 Å². The maximum absolute atomic E-state index is 12.5. The number of halogens is 4. The van der Waals surface area contributed by atoms with Gasteiger partial charge in [-0.05, 0) is 28.1 Å². The van der Waals surface area contributed by atoms with Crippen LogP contribution >= 0.6 is 15.9 Å². The van der Waals surface area contributed by atoms with E-state index >= 15 is 0 Å². The lowest BCUT2D eigenvalue weighted by atomic mass is 10.1. The molecule has 0 aliphatic heterocycles. The third-order valence-electron chi connectivity index (χ3n) is 2.68. The Morgan fingerprint density at radius 1 is 1.40 bits per heavy atom. The van der Waals surface area contributed by atoms with E-state index in [2.05, 4.69) is 36.7 Å². The summed E-state index contributed by atoms with van der Waals surface area (Å²) in [5, 5.41) is 7.58. The van der Waals surface area contributed by atoms with E-state index in [1.807, 2.05) is 0 Å². The molecule has 6 nitrogen and oxygen atoms in total. The molecule has 0 spiro atoms. The summed E-state index contributed by atoms with van der Waals surface area (Å²) >= 11 is 3.20. The second-order valence-corrected chi connectivity index (χ2v) is 4.71. The molecule has 0 radical (unpaired) electrons. The molecule has 0 amide bonds. The molecule has 0 saturated heterocycles. The van der Waals surface area contributed by atoms with Gasteiger partial charge in [0, 0.05) is 13.2 Å². The highest BCUT2D eigenvalue weighted by Gasteiger charge is 2.31. The average Bonchev–Trinajstić information content (AvgIpc) is 2.71. The van der Waals surface area contributed by atoms with Gasteiger partial charge in [0.2, 0.25) is 0 Å². The molecule has 0 aliphatic carbocycles. The van der Waals surface area contributed by atoms with Crippen molar-refractivity contribution in [1.29, 1.82) is 0 Å². The summed E-state index contributed by atoms with van der Waals surface area (Å²) in [6.07, 6.45) is -3.66. The largest absolute Gasteiger partial charge is 0.417 e. The van der Waals surface area contributed by atoms with Crippen LogP contribution in [0.25, 0.3) is 0 Å². The van der Waals surface area contributed by atoms with Crippen LogP contribution in [0.1, 0.15) is 23.0 Å². The van der Waals surface area contributed by atoms with Crippen molar-refractivity contribution >= 4 is 15.9 Å². The van der Waals surface area contributed by atoms with E-state index in [9.17, 15) is 13.2 Å². The predicted molar refractivity (Wildman–Crippen MR) is 67.1 cm³/mol. The van der Waals surface area contributed by atoms with Gasteiger partial charge in [0.05, 0.1) is 17.0 Å². The monoisotopic (exact) mass is 350 g/mol. The molecule has 0 aromatic carbocycles. The molecule has 0 saturated carbocycles. The first-order chi connectivity index (χ1) is 9.34. The van der Waals surface area contributed by atoms with Crippen molar-refractivity contribution in [2.45, 2.75) is 12.2 Å². The number of hydrogen-bond acceptors (Lipinski definition) is 5. The Morgan fingerprint density at radius 2 is 2.10 bits per heavy atom. The first-order valence-electron chi connectivity index (χ1n) is 5.39. The van der Waals surface area contributed by atoms with Crippen LogP contribution in [0.3, 0.4) is 0 Å². The van der Waals surface area contributed by atoms with Gasteiger partial charge in [-0.2, -0.15) is 13.2 Å². The fraction of sp³-hybridized carbons (Fsp3) is 0.300. The number of aryl methyl sites for hydroxylation is 1. The van der Waals surface area contributed by atoms with Crippen molar-refractivity contribution in [2.24, 2.45) is 12.9 Å². The highest BCUT2D eigenvalue weighted by atomic mass is 79.9. The Morgan fingerprint density at radius 3 is 2.50 bits per heavy atom. The summed E-state index contributed by atoms with van der Waals surface area (Å²) in [6.45, 7) is 0. The molecule has 1 atom stereocenters. The van der Waals surface area contributed by atoms with Gasteiger partial charge in [-0.25, -0.2) is 10.1 Å². The smallest absolute Gasteiger partial charge is 0.270 e. The molecule has 108 valence electrons. The van der Waals surface area contributed by atoms with Crippen molar-refractivity contribution < 1.29 is 13.2 Å². The zero-order valence-electron chi connectivity index (χ0n) is 10.2. The molecule has 20 heavy (non-hydrogen) atoms. The van der Waals surface area contributed by atoms with Gasteiger partial charge in [-0.3, -0.25) is 10.8 Å². The molecule has 1 unspecified atom stereocenters. The van der Waals surface area contributed by atoms with Crippen molar-refractivity contribution in [3.8, 4) is 0 Å². The van der Waals surface area contributed by atoms with Crippen LogP contribution in [0.15, 0.2) is 22.9 Å². The number of nitrogens with two attached hydrogens (primary N) is 1. The Bertz CT molecular complexity index is 575. The topological polar surface area (TPSA) is 81.7 Å². The van der Waals surface area contributed by atoms with Crippen LogP contribution in [0, 0.1) is 0 Å². The predicted octanol–water partition coefficient (Wildman–Crippen LogP) is 1.54. The highest BCUT2D eigenvalue weighted by molar-refractivity contribution is 9.10. The standard InChI is InChI=1S/C10H10BrF3N6/c1-20-8(9(11)18-19-20)7(17-15)6-3-2-5(4-16-6)10(12,13)14/h2-4,7,17H,15H2,1H3. The number of hydrazine groups is 1. The maximum atomic E-state index is 12.5. The zero-order valence-corrected chi connectivity index (χ0v) is 11.8. The van der Waals surface area contributed by atoms with Gasteiger partial charge >= 0.3 is 6.18 Å². The van der Waals surface area contributed by atoms with Crippen molar-refractivity contribution in [3.63, 3.8) is 0 Å². The van der Waals surface area contributed by atoms with Gasteiger partial charge in [0.15, 0.2) is 4.60 Å². The van der Waals surface area contributed by atoms with E-state index in [1.165, 1.54) is 10.7 Å². The van der Waals surface area contributed by atoms with Crippen LogP contribution in [0.4, 0.5) is 13.2 Å². The van der Waals surface area contributed by atoms with Gasteiger partial charge in [-0.1, -0.05) is 5.21 Å². The van der Waals surface area contributed by atoms with Gasteiger partial charge in [0.25, 0.3) is 0 Å². The Balaban J connectivity index is 2.38. The van der Waals surface area contributed by atoms with Gasteiger partial charge in [-0.15, -0.1) is 5.10 Å². The van der Waals surface area contributed by atoms with E-state index in [4.69, 9.17) is 5.84 Å². The molecule has 2 heterocycles. The minimum Gasteiger partial charge on any atom is -0.270 e. The Kier molecular flexibility index (Phi) is 4.06. The summed E-state index contributed by atoms with van der Waals surface area (Å²) < 4.78 is 39.4. The molecule has 0 bridgehead atoms. The molecule has 2 aromatic heterocycles. The fourth-order valence-electron chi connectivity index (χ4n) is 1.69. The van der Waals surface area contributed by atoms with Crippen molar-refractivity contribution in [2.75, 3.05) is 0 Å². The number of hydrogen-bond donors (Lipinski definition) is 2. The lowest BCUT2D eigenvalue weighted by Gasteiger charge is -2.16. The highest BCUT2D eigenvalue weighted by Crippen LogP contribution is 2.30. The number of nitrogens with zero attached hydrogens (tertiary/aromatic N) is 4. The minimum atomic E-state index is -4.42. The zero-order chi connectivity index (χ0) is 14.9. The number of pyridine rings is 1. The van der Waals surface area contributed by atoms with Crippen LogP contribution in [-0.2, 0) is 13.2 Å². The maximum Gasteiger partial charge on any atom is 0.417 e. The van der Waals surface area contributed by atoms with Crippen LogP contribution in [-0.4, -0.2) is 20.0 Å². The summed E-state index contributed by atoms with van der Waals surface area (Å²) in [6, 6.07) is 1.57. The van der Waals surface area contributed by atoms with E-state index in [1.54, 1.807) is 7.05 Å². The third-order valence-corrected chi connectivity index (χ3v) is 3.24. The SMILES string of the molecule is Cn1nnc(Br)c1C(NN)c1ccc(C(F)(F)F)cn1. The van der Waals surface area contributed by atoms with E-state index < -0.39 is 17.8 Å². The molecule has 0 fully saturated rings. The summed E-state index contributed by atoms with van der Waals surface area (Å²) in [5.74, 6) is 5.46. The lowest BCUT2D eigenvalue weighted by molar-refractivity contribution is -0.137. The number of aromatic nitrogens is 4. The number of alkyl halides is 3. The average molecular weight is 351 g/mol. The molecular formula is C10H10BrF3N6. The number of rotatable bonds is 3. The van der Waals surface area contributed by atoms with Crippen LogP contribution < -0.4 is 11.3 Å². The Hall–Kier alpha value is -1.52. The lowest BCUT2D eigenvalue weighted by Crippen LogP contribution is -2.31. The second-order valence-electron chi connectivity index (χ2n) is 3.96. The van der Waals surface area contributed by atoms with Crippen molar-refractivity contribution in [3.05, 3.63) is 39.9 Å². The van der Waals surface area contributed by atoms with E-state index in [-0.39, 0.29) is 0 Å². The first kappa shape index (κ1) is 14.9. The first-order valence-corrected chi connectivity index (χ1v) is 6.18. The second kappa shape index (κ2) is 5.46. The normalized spacial score (nSPS) is 13.5. The molecule has 3 N–H and O–H groups in total. The molecule has 2 rings (SSSR count). The molecule has 0 aliphatic rings. The Labute approximate surface area is 120 Å². The molecule has 2 aromatic rings. The summed E-state index contributed by atoms with van der Waals surface area (Å²) in [7, 11) is 1.64. The summed E-state index contributed by atoms with van der Waals surface area (Å²) in [4.78, 5) is 3.80. The third kappa shape index (κ3) is 2.81. The minimum absolute atomic E-state index is 0.326. The quantitative estimate of drug-likeness (QED) is 0.648. The summed E-state index contributed by atoms with van der Waals surface area (Å²) in [5.41, 5.74) is 2.55. The molecule has 10 heteroatoms.